The standard InChI is InChI=1S/C20H17IN4O3/c1-14-2-4-15(5-3-14)13-28-19-8-6-16(10-18(19)21)11-23-24-20-9-7-17(12-22-20)25(26)27/h2-12H,13H2,1H3,(H,22,24)/b23-11+. The van der Waals surface area contributed by atoms with Gasteiger partial charge in [0.05, 0.1) is 14.7 Å². The number of nitro groups is 1. The highest BCUT2D eigenvalue weighted by molar-refractivity contribution is 14.1. The normalized spacial score (nSPS) is 10.8. The number of benzene rings is 2. The maximum Gasteiger partial charge on any atom is 0.287 e. The molecule has 3 aromatic rings. The summed E-state index contributed by atoms with van der Waals surface area (Å²) in [7, 11) is 0. The van der Waals surface area contributed by atoms with Crippen LogP contribution in [0.4, 0.5) is 11.5 Å². The van der Waals surface area contributed by atoms with E-state index in [1.165, 1.54) is 23.9 Å². The molecule has 0 amide bonds. The first kappa shape index (κ1) is 19.7. The van der Waals surface area contributed by atoms with E-state index in [9.17, 15) is 10.1 Å². The molecule has 0 aliphatic carbocycles. The Kier molecular flexibility index (Phi) is 6.53. The van der Waals surface area contributed by atoms with Crippen molar-refractivity contribution in [1.29, 1.82) is 0 Å². The van der Waals surface area contributed by atoms with E-state index in [1.807, 2.05) is 18.2 Å². The van der Waals surface area contributed by atoms with Crippen LogP contribution in [0.5, 0.6) is 5.75 Å². The maximum absolute atomic E-state index is 10.6. The van der Waals surface area contributed by atoms with Gasteiger partial charge in [0.25, 0.3) is 5.69 Å². The van der Waals surface area contributed by atoms with Gasteiger partial charge < -0.3 is 4.74 Å². The molecule has 1 heterocycles. The first-order valence-corrected chi connectivity index (χ1v) is 9.46. The summed E-state index contributed by atoms with van der Waals surface area (Å²) in [5.41, 5.74) is 5.91. The Hall–Kier alpha value is -3.01. The summed E-state index contributed by atoms with van der Waals surface area (Å²) in [4.78, 5) is 14.1. The van der Waals surface area contributed by atoms with E-state index in [1.54, 1.807) is 6.21 Å². The molecule has 0 spiro atoms. The summed E-state index contributed by atoms with van der Waals surface area (Å²) in [5, 5.41) is 14.7. The number of pyridine rings is 1. The highest BCUT2D eigenvalue weighted by Gasteiger charge is 2.05. The monoisotopic (exact) mass is 488 g/mol. The molecule has 0 unspecified atom stereocenters. The molecule has 1 aromatic heterocycles. The van der Waals surface area contributed by atoms with E-state index in [0.717, 1.165) is 20.4 Å². The minimum atomic E-state index is -0.496. The van der Waals surface area contributed by atoms with Gasteiger partial charge >= 0.3 is 0 Å². The van der Waals surface area contributed by atoms with Crippen LogP contribution in [-0.2, 0) is 6.61 Å². The summed E-state index contributed by atoms with van der Waals surface area (Å²) in [6.45, 7) is 2.57. The molecule has 0 bridgehead atoms. The highest BCUT2D eigenvalue weighted by atomic mass is 127. The van der Waals surface area contributed by atoms with Crippen molar-refractivity contribution in [3.05, 3.63) is 91.2 Å². The second-order valence-electron chi connectivity index (χ2n) is 5.99. The van der Waals surface area contributed by atoms with Gasteiger partial charge in [-0.25, -0.2) is 4.98 Å². The second kappa shape index (κ2) is 9.27. The van der Waals surface area contributed by atoms with Crippen LogP contribution in [0.2, 0.25) is 0 Å². The Bertz CT molecular complexity index is 989. The van der Waals surface area contributed by atoms with E-state index in [2.05, 4.69) is 69.3 Å². The molecule has 0 atom stereocenters. The minimum absolute atomic E-state index is 0.0645. The molecule has 2 aromatic carbocycles. The summed E-state index contributed by atoms with van der Waals surface area (Å²) < 4.78 is 6.86. The first-order chi connectivity index (χ1) is 13.5. The number of aromatic nitrogens is 1. The molecule has 0 aliphatic rings. The number of hydrogen-bond acceptors (Lipinski definition) is 6. The molecule has 0 saturated heterocycles. The van der Waals surface area contributed by atoms with Gasteiger partial charge in [-0.05, 0) is 64.9 Å². The van der Waals surface area contributed by atoms with Gasteiger partial charge in [-0.15, -0.1) is 0 Å². The Morgan fingerprint density at radius 3 is 2.64 bits per heavy atom. The smallest absolute Gasteiger partial charge is 0.287 e. The van der Waals surface area contributed by atoms with Crippen LogP contribution >= 0.6 is 22.6 Å². The predicted molar refractivity (Wildman–Crippen MR) is 117 cm³/mol. The molecule has 0 fully saturated rings. The van der Waals surface area contributed by atoms with Gasteiger partial charge in [-0.3, -0.25) is 15.5 Å². The van der Waals surface area contributed by atoms with Crippen molar-refractivity contribution in [3.63, 3.8) is 0 Å². The zero-order chi connectivity index (χ0) is 19.9. The van der Waals surface area contributed by atoms with Crippen LogP contribution in [0.3, 0.4) is 0 Å². The lowest BCUT2D eigenvalue weighted by Crippen LogP contribution is -1.98. The van der Waals surface area contributed by atoms with Crippen LogP contribution in [0.25, 0.3) is 0 Å². The minimum Gasteiger partial charge on any atom is -0.488 e. The van der Waals surface area contributed by atoms with E-state index in [-0.39, 0.29) is 5.69 Å². The van der Waals surface area contributed by atoms with E-state index < -0.39 is 4.92 Å². The highest BCUT2D eigenvalue weighted by Crippen LogP contribution is 2.23. The Morgan fingerprint density at radius 1 is 1.21 bits per heavy atom. The van der Waals surface area contributed by atoms with Gasteiger partial charge in [-0.2, -0.15) is 5.10 Å². The average Bonchev–Trinajstić information content (AvgIpc) is 2.69. The van der Waals surface area contributed by atoms with Crippen molar-refractivity contribution in [2.75, 3.05) is 5.43 Å². The average molecular weight is 488 g/mol. The molecule has 0 saturated carbocycles. The van der Waals surface area contributed by atoms with E-state index >= 15 is 0 Å². The molecule has 3 rings (SSSR count). The molecule has 1 N–H and O–H groups in total. The number of rotatable bonds is 7. The number of ether oxygens (including phenoxy) is 1. The summed E-state index contributed by atoms with van der Waals surface area (Å²) in [6.07, 6.45) is 2.83. The van der Waals surface area contributed by atoms with Crippen LogP contribution in [0.15, 0.2) is 65.9 Å². The molecular formula is C20H17IN4O3. The van der Waals surface area contributed by atoms with Gasteiger partial charge in [0, 0.05) is 6.07 Å². The fraction of sp³-hybridized carbons (Fsp3) is 0.100. The molecule has 7 nitrogen and oxygen atoms in total. The molecule has 8 heteroatoms. The zero-order valence-electron chi connectivity index (χ0n) is 15.0. The van der Waals surface area contributed by atoms with Crippen molar-refractivity contribution in [2.24, 2.45) is 5.10 Å². The van der Waals surface area contributed by atoms with Gasteiger partial charge in [0.15, 0.2) is 0 Å². The van der Waals surface area contributed by atoms with Crippen LogP contribution in [-0.4, -0.2) is 16.1 Å². The van der Waals surface area contributed by atoms with Crippen LogP contribution < -0.4 is 10.2 Å². The van der Waals surface area contributed by atoms with Crippen molar-refractivity contribution >= 4 is 40.3 Å². The number of hydrogen-bond donors (Lipinski definition) is 1. The van der Waals surface area contributed by atoms with Crippen molar-refractivity contribution in [2.45, 2.75) is 13.5 Å². The molecule has 0 aliphatic heterocycles. The number of aryl methyl sites for hydroxylation is 1. The summed E-state index contributed by atoms with van der Waals surface area (Å²) in [5.74, 6) is 1.23. The topological polar surface area (TPSA) is 89.6 Å². The molecule has 28 heavy (non-hydrogen) atoms. The molecular weight excluding hydrogens is 471 g/mol. The van der Waals surface area contributed by atoms with Crippen molar-refractivity contribution in [1.82, 2.24) is 4.98 Å². The number of halogens is 1. The largest absolute Gasteiger partial charge is 0.488 e. The fourth-order valence-corrected chi connectivity index (χ4v) is 2.99. The van der Waals surface area contributed by atoms with Crippen LogP contribution in [0, 0.1) is 20.6 Å². The van der Waals surface area contributed by atoms with Crippen LogP contribution in [0.1, 0.15) is 16.7 Å². The first-order valence-electron chi connectivity index (χ1n) is 8.39. The number of hydrazone groups is 1. The van der Waals surface area contributed by atoms with Gasteiger partial charge in [0.1, 0.15) is 24.4 Å². The SMILES string of the molecule is Cc1ccc(COc2ccc(/C=N/Nc3ccc([N+](=O)[O-])cn3)cc2I)cc1. The lowest BCUT2D eigenvalue weighted by molar-refractivity contribution is -0.385. The quantitative estimate of drug-likeness (QED) is 0.221. The zero-order valence-corrected chi connectivity index (χ0v) is 17.2. The number of nitrogens with one attached hydrogen (secondary N) is 1. The van der Waals surface area contributed by atoms with Crippen molar-refractivity contribution < 1.29 is 9.66 Å². The Morgan fingerprint density at radius 2 is 2.00 bits per heavy atom. The van der Waals surface area contributed by atoms with E-state index in [4.69, 9.17) is 4.74 Å². The van der Waals surface area contributed by atoms with Crippen molar-refractivity contribution in [3.8, 4) is 5.75 Å². The third kappa shape index (κ3) is 5.49. The Balaban J connectivity index is 1.57. The third-order valence-electron chi connectivity index (χ3n) is 3.82. The third-order valence-corrected chi connectivity index (χ3v) is 4.67. The second-order valence-corrected chi connectivity index (χ2v) is 7.16. The fourth-order valence-electron chi connectivity index (χ4n) is 2.29. The Labute approximate surface area is 175 Å². The number of nitrogens with zero attached hydrogens (tertiary/aromatic N) is 3. The van der Waals surface area contributed by atoms with Gasteiger partial charge in [0.2, 0.25) is 0 Å². The summed E-state index contributed by atoms with van der Waals surface area (Å²) in [6, 6.07) is 16.9. The number of anilines is 1. The summed E-state index contributed by atoms with van der Waals surface area (Å²) >= 11 is 2.22. The molecule has 142 valence electrons. The molecule has 0 radical (unpaired) electrons. The predicted octanol–water partition coefficient (Wildman–Crippen LogP) is 4.93. The van der Waals surface area contributed by atoms with Gasteiger partial charge in [-0.1, -0.05) is 29.8 Å². The lowest BCUT2D eigenvalue weighted by atomic mass is 10.2. The van der Waals surface area contributed by atoms with E-state index in [0.29, 0.717) is 12.4 Å². The lowest BCUT2D eigenvalue weighted by Gasteiger charge is -2.09. The maximum atomic E-state index is 10.6.